The van der Waals surface area contributed by atoms with Gasteiger partial charge in [0.25, 0.3) is 0 Å². The van der Waals surface area contributed by atoms with E-state index >= 15 is 0 Å². The molecule has 0 aliphatic heterocycles. The lowest BCUT2D eigenvalue weighted by Gasteiger charge is -2.27. The van der Waals surface area contributed by atoms with Gasteiger partial charge >= 0.3 is 0 Å². The van der Waals surface area contributed by atoms with Gasteiger partial charge < -0.3 is 5.11 Å². The molecular weight excluding hydrogens is 254 g/mol. The normalized spacial score (nSPS) is 21.1. The first-order chi connectivity index (χ1) is 7.18. The van der Waals surface area contributed by atoms with Crippen LogP contribution < -0.4 is 4.72 Å². The summed E-state index contributed by atoms with van der Waals surface area (Å²) in [6.07, 6.45) is 3.63. The van der Waals surface area contributed by atoms with E-state index in [9.17, 15) is 21.9 Å². The Morgan fingerprint density at radius 2 is 1.69 bits per heavy atom. The summed E-state index contributed by atoms with van der Waals surface area (Å²) in [6, 6.07) is 0. The monoisotopic (exact) mass is 271 g/mol. The van der Waals surface area contributed by atoms with E-state index in [1.165, 1.54) is 0 Å². The fourth-order valence-electron chi connectivity index (χ4n) is 1.99. The molecular formula is C8H17NO5S2. The molecule has 1 rings (SSSR count). The van der Waals surface area contributed by atoms with Crippen molar-refractivity contribution in [3.63, 3.8) is 0 Å². The third-order valence-electron chi connectivity index (χ3n) is 2.60. The van der Waals surface area contributed by atoms with Gasteiger partial charge in [0, 0.05) is 6.26 Å². The molecule has 0 saturated heterocycles. The first kappa shape index (κ1) is 13.9. The molecule has 0 bridgehead atoms. The summed E-state index contributed by atoms with van der Waals surface area (Å²) in [5.74, 6) is 0. The summed E-state index contributed by atoms with van der Waals surface area (Å²) in [6.45, 7) is -0.296. The van der Waals surface area contributed by atoms with Crippen molar-refractivity contribution in [1.82, 2.24) is 4.72 Å². The number of aliphatic hydroxyl groups is 1. The summed E-state index contributed by atoms with van der Waals surface area (Å²) in [7, 11) is -7.48. The first-order valence-electron chi connectivity index (χ1n) is 4.98. The molecule has 0 radical (unpaired) electrons. The van der Waals surface area contributed by atoms with Gasteiger partial charge in [0.05, 0.1) is 12.1 Å². The molecule has 0 unspecified atom stereocenters. The van der Waals surface area contributed by atoms with Gasteiger partial charge in [0.2, 0.25) is 10.0 Å². The van der Waals surface area contributed by atoms with E-state index in [4.69, 9.17) is 0 Å². The highest BCUT2D eigenvalue weighted by Gasteiger charge is 2.37. The molecule has 0 aromatic carbocycles. The Morgan fingerprint density at radius 3 is 2.06 bits per heavy atom. The fraction of sp³-hybridized carbons (Fsp3) is 1.00. The van der Waals surface area contributed by atoms with Crippen LogP contribution in [0.15, 0.2) is 0 Å². The van der Waals surface area contributed by atoms with Crippen molar-refractivity contribution in [2.75, 3.05) is 17.9 Å². The number of hydrogen-bond acceptors (Lipinski definition) is 5. The summed E-state index contributed by atoms with van der Waals surface area (Å²) >= 11 is 0. The zero-order chi connectivity index (χ0) is 12.4. The maximum Gasteiger partial charge on any atom is 0.226 e. The molecule has 96 valence electrons. The van der Waals surface area contributed by atoms with Gasteiger partial charge in [-0.15, -0.1) is 0 Å². The minimum absolute atomic E-state index is 0.296. The number of nitrogens with one attached hydrogen (secondary N) is 1. The van der Waals surface area contributed by atoms with Crippen molar-refractivity contribution in [2.24, 2.45) is 0 Å². The van der Waals surface area contributed by atoms with E-state index in [-0.39, 0.29) is 6.61 Å². The van der Waals surface area contributed by atoms with Crippen LogP contribution in [0.25, 0.3) is 0 Å². The van der Waals surface area contributed by atoms with Crippen LogP contribution in [0.2, 0.25) is 0 Å². The molecule has 16 heavy (non-hydrogen) atoms. The zero-order valence-electron chi connectivity index (χ0n) is 9.14. The Balaban J connectivity index is 2.79. The topological polar surface area (TPSA) is 101 Å². The summed E-state index contributed by atoms with van der Waals surface area (Å²) in [5.41, 5.74) is -0.858. The maximum absolute atomic E-state index is 11.6. The Kier molecular flexibility index (Phi) is 3.99. The van der Waals surface area contributed by atoms with Crippen LogP contribution in [0.1, 0.15) is 25.7 Å². The minimum atomic E-state index is -3.89. The summed E-state index contributed by atoms with van der Waals surface area (Å²) in [5, 5.41) is 8.27. The lowest BCUT2D eigenvalue weighted by Crippen LogP contribution is -2.50. The van der Waals surface area contributed by atoms with Crippen LogP contribution in [0.4, 0.5) is 0 Å². The molecule has 8 heteroatoms. The molecule has 1 aliphatic rings. The number of rotatable bonds is 5. The van der Waals surface area contributed by atoms with Crippen LogP contribution in [-0.2, 0) is 19.9 Å². The SMILES string of the molecule is CS(=O)(=O)CS(=O)(=O)NC1(CO)CCCC1. The van der Waals surface area contributed by atoms with Crippen molar-refractivity contribution in [2.45, 2.75) is 31.2 Å². The average molecular weight is 271 g/mol. The molecule has 0 aromatic rings. The Hall–Kier alpha value is -0.180. The van der Waals surface area contributed by atoms with E-state index in [2.05, 4.69) is 4.72 Å². The third-order valence-corrected chi connectivity index (χ3v) is 6.30. The second-order valence-electron chi connectivity index (χ2n) is 4.41. The second-order valence-corrected chi connectivity index (χ2v) is 8.63. The summed E-state index contributed by atoms with van der Waals surface area (Å²) in [4.78, 5) is 0. The molecule has 0 amide bonds. The quantitative estimate of drug-likeness (QED) is 0.682. The standard InChI is InChI=1S/C8H17NO5S2/c1-15(11,12)7-16(13,14)9-8(6-10)4-2-3-5-8/h9-10H,2-7H2,1H3. The van der Waals surface area contributed by atoms with E-state index in [1.54, 1.807) is 0 Å². The molecule has 0 heterocycles. The summed E-state index contributed by atoms with van der Waals surface area (Å²) < 4.78 is 47.3. The van der Waals surface area contributed by atoms with Gasteiger partial charge in [-0.25, -0.2) is 21.6 Å². The predicted molar refractivity (Wildman–Crippen MR) is 60.1 cm³/mol. The zero-order valence-corrected chi connectivity index (χ0v) is 10.8. The lowest BCUT2D eigenvalue weighted by molar-refractivity contribution is 0.185. The van der Waals surface area contributed by atoms with Crippen LogP contribution >= 0.6 is 0 Å². The van der Waals surface area contributed by atoms with Crippen molar-refractivity contribution < 1.29 is 21.9 Å². The lowest BCUT2D eigenvalue weighted by atomic mass is 10.0. The van der Waals surface area contributed by atoms with E-state index in [0.717, 1.165) is 19.1 Å². The smallest absolute Gasteiger partial charge is 0.226 e. The van der Waals surface area contributed by atoms with Crippen LogP contribution in [-0.4, -0.2) is 45.4 Å². The Bertz CT molecular complexity index is 433. The van der Waals surface area contributed by atoms with Gasteiger partial charge in [-0.1, -0.05) is 12.8 Å². The third kappa shape index (κ3) is 4.00. The maximum atomic E-state index is 11.6. The molecule has 1 saturated carbocycles. The second kappa shape index (κ2) is 4.59. The van der Waals surface area contributed by atoms with Gasteiger partial charge in [-0.2, -0.15) is 0 Å². The molecule has 1 aliphatic carbocycles. The first-order valence-corrected chi connectivity index (χ1v) is 8.70. The Morgan fingerprint density at radius 1 is 1.19 bits per heavy atom. The van der Waals surface area contributed by atoms with Gasteiger partial charge in [-0.05, 0) is 12.8 Å². The highest BCUT2D eigenvalue weighted by atomic mass is 32.3. The number of sulfone groups is 1. The van der Waals surface area contributed by atoms with Gasteiger partial charge in [-0.3, -0.25) is 0 Å². The molecule has 2 N–H and O–H groups in total. The van der Waals surface area contributed by atoms with Crippen LogP contribution in [0, 0.1) is 0 Å². The highest BCUT2D eigenvalue weighted by Crippen LogP contribution is 2.29. The van der Waals surface area contributed by atoms with Crippen molar-refractivity contribution in [3.05, 3.63) is 0 Å². The van der Waals surface area contributed by atoms with E-state index in [1.807, 2.05) is 0 Å². The largest absolute Gasteiger partial charge is 0.394 e. The molecule has 6 nitrogen and oxygen atoms in total. The molecule has 0 spiro atoms. The number of sulfonamides is 1. The van der Waals surface area contributed by atoms with Gasteiger partial charge in [0.1, 0.15) is 0 Å². The number of aliphatic hydroxyl groups excluding tert-OH is 1. The Labute approximate surface area is 96.0 Å². The number of hydrogen-bond donors (Lipinski definition) is 2. The van der Waals surface area contributed by atoms with Crippen LogP contribution in [0.5, 0.6) is 0 Å². The fourth-order valence-corrected chi connectivity index (χ4v) is 5.40. The highest BCUT2D eigenvalue weighted by molar-refractivity contribution is 8.06. The van der Waals surface area contributed by atoms with Crippen molar-refractivity contribution in [3.8, 4) is 0 Å². The predicted octanol–water partition coefficient (Wildman–Crippen LogP) is -0.787. The average Bonchev–Trinajstić information content (AvgIpc) is 2.48. The van der Waals surface area contributed by atoms with Crippen molar-refractivity contribution in [1.29, 1.82) is 0 Å². The van der Waals surface area contributed by atoms with Crippen LogP contribution in [0.3, 0.4) is 0 Å². The molecule has 0 aromatic heterocycles. The van der Waals surface area contributed by atoms with E-state index < -0.39 is 30.5 Å². The van der Waals surface area contributed by atoms with E-state index in [0.29, 0.717) is 12.8 Å². The minimum Gasteiger partial charge on any atom is -0.394 e. The van der Waals surface area contributed by atoms with Crippen molar-refractivity contribution >= 4 is 19.9 Å². The molecule has 0 atom stereocenters. The molecule has 1 fully saturated rings. The van der Waals surface area contributed by atoms with Gasteiger partial charge in [0.15, 0.2) is 14.9 Å².